The minimum Gasteiger partial charge on any atom is -0.457 e. The van der Waals surface area contributed by atoms with Gasteiger partial charge in [0, 0.05) is 17.0 Å². The highest BCUT2D eigenvalue weighted by molar-refractivity contribution is 6.42. The first kappa shape index (κ1) is 18.2. The molecule has 4 rings (SSSR count). The first-order valence-electron chi connectivity index (χ1n) is 8.29. The Labute approximate surface area is 170 Å². The maximum atomic E-state index is 11.2. The van der Waals surface area contributed by atoms with Gasteiger partial charge in [0.1, 0.15) is 17.0 Å². The molecule has 2 aromatic heterocycles. The minimum absolute atomic E-state index is 0.0207. The van der Waals surface area contributed by atoms with Crippen LogP contribution in [0.5, 0.6) is 0 Å². The Morgan fingerprint density at radius 2 is 1.82 bits per heavy atom. The summed E-state index contributed by atoms with van der Waals surface area (Å²) in [6, 6.07) is 17.4. The lowest BCUT2D eigenvalue weighted by Gasteiger charge is -2.00. The van der Waals surface area contributed by atoms with Crippen LogP contribution in [0, 0.1) is 10.1 Å². The quantitative estimate of drug-likeness (QED) is 0.271. The van der Waals surface area contributed by atoms with Gasteiger partial charge in [-0.2, -0.15) is 0 Å². The zero-order chi connectivity index (χ0) is 19.7. The maximum absolute atomic E-state index is 11.2. The second-order valence-corrected chi connectivity index (χ2v) is 6.82. The summed E-state index contributed by atoms with van der Waals surface area (Å²) in [6.45, 7) is 0. The van der Waals surface area contributed by atoms with Crippen molar-refractivity contribution in [2.45, 2.75) is 0 Å². The molecule has 0 spiro atoms. The lowest BCUT2D eigenvalue weighted by atomic mass is 10.1. The van der Waals surface area contributed by atoms with Gasteiger partial charge in [-0.05, 0) is 48.6 Å². The monoisotopic (exact) mass is 410 g/mol. The average molecular weight is 411 g/mol. The summed E-state index contributed by atoms with van der Waals surface area (Å²) in [7, 11) is 0. The summed E-state index contributed by atoms with van der Waals surface area (Å²) in [6.07, 6.45) is 3.50. The summed E-state index contributed by atoms with van der Waals surface area (Å²) in [4.78, 5) is 15.2. The van der Waals surface area contributed by atoms with Gasteiger partial charge in [0.2, 0.25) is 0 Å². The maximum Gasteiger partial charge on any atom is 0.295 e. The fourth-order valence-corrected chi connectivity index (χ4v) is 3.10. The number of rotatable bonds is 4. The number of nitro groups is 1. The van der Waals surface area contributed by atoms with E-state index < -0.39 is 4.92 Å². The Morgan fingerprint density at radius 1 is 0.964 bits per heavy atom. The van der Waals surface area contributed by atoms with E-state index in [0.29, 0.717) is 38.2 Å². The first-order valence-corrected chi connectivity index (χ1v) is 9.04. The predicted molar refractivity (Wildman–Crippen MR) is 111 cm³/mol. The summed E-state index contributed by atoms with van der Waals surface area (Å²) >= 11 is 12.0. The van der Waals surface area contributed by atoms with Crippen molar-refractivity contribution in [1.82, 2.24) is 4.98 Å². The van der Waals surface area contributed by atoms with Crippen molar-refractivity contribution in [3.63, 3.8) is 0 Å². The number of non-ortho nitro benzene ring substituents is 1. The number of aromatic nitrogens is 1. The van der Waals surface area contributed by atoms with E-state index in [4.69, 9.17) is 27.6 Å². The van der Waals surface area contributed by atoms with Crippen LogP contribution < -0.4 is 0 Å². The molecule has 4 aromatic rings. The molecule has 0 saturated heterocycles. The highest BCUT2D eigenvalue weighted by atomic mass is 35.5. The largest absolute Gasteiger partial charge is 0.457 e. The molecule has 0 aliphatic carbocycles. The fraction of sp³-hybridized carbons (Fsp3) is 0. The third kappa shape index (κ3) is 3.63. The molecule has 0 atom stereocenters. The molecule has 0 bridgehead atoms. The van der Waals surface area contributed by atoms with Crippen LogP contribution in [0.4, 0.5) is 5.69 Å². The predicted octanol–water partition coefficient (Wildman–Crippen LogP) is 6.88. The van der Waals surface area contributed by atoms with Gasteiger partial charge in [-0.3, -0.25) is 10.1 Å². The van der Waals surface area contributed by atoms with Gasteiger partial charge in [0.15, 0.2) is 0 Å². The molecule has 2 heterocycles. The number of halogens is 2. The Hall–Kier alpha value is -3.15. The molecule has 28 heavy (non-hydrogen) atoms. The van der Waals surface area contributed by atoms with Crippen molar-refractivity contribution < 1.29 is 9.34 Å². The zero-order valence-electron chi connectivity index (χ0n) is 14.3. The molecule has 7 heteroatoms. The summed E-state index contributed by atoms with van der Waals surface area (Å²) in [5, 5.41) is 12.9. The van der Waals surface area contributed by atoms with Crippen LogP contribution in [0.25, 0.3) is 34.4 Å². The smallest absolute Gasteiger partial charge is 0.295 e. The molecular weight excluding hydrogens is 399 g/mol. The number of para-hydroxylation sites is 1. The number of hydrogen-bond acceptors (Lipinski definition) is 4. The lowest BCUT2D eigenvalue weighted by molar-refractivity contribution is -0.383. The molecule has 0 saturated carbocycles. The molecule has 138 valence electrons. The van der Waals surface area contributed by atoms with Gasteiger partial charge in [-0.1, -0.05) is 41.4 Å². The Morgan fingerprint density at radius 3 is 2.61 bits per heavy atom. The Kier molecular flexibility index (Phi) is 4.86. The highest BCUT2D eigenvalue weighted by Gasteiger charge is 2.12. The fourth-order valence-electron chi connectivity index (χ4n) is 2.80. The van der Waals surface area contributed by atoms with E-state index in [1.165, 1.54) is 6.07 Å². The minimum atomic E-state index is -0.432. The van der Waals surface area contributed by atoms with Gasteiger partial charge in [0.05, 0.1) is 20.7 Å². The Balaban J connectivity index is 1.63. The third-order valence-corrected chi connectivity index (χ3v) is 4.91. The molecule has 0 amide bonds. The molecule has 0 radical (unpaired) electrons. The van der Waals surface area contributed by atoms with E-state index in [0.717, 1.165) is 5.56 Å². The van der Waals surface area contributed by atoms with Gasteiger partial charge < -0.3 is 4.42 Å². The van der Waals surface area contributed by atoms with Crippen molar-refractivity contribution in [3.05, 3.63) is 92.3 Å². The zero-order valence-corrected chi connectivity index (χ0v) is 15.8. The lowest BCUT2D eigenvalue weighted by Crippen LogP contribution is -1.92. The summed E-state index contributed by atoms with van der Waals surface area (Å²) < 4.78 is 5.81. The van der Waals surface area contributed by atoms with E-state index in [1.54, 1.807) is 48.6 Å². The SMILES string of the molecule is O=[N+]([O-])c1cccc2ccc(/C=C/c3ccc(-c4ccc(Cl)c(Cl)c4)o3)nc12. The number of benzene rings is 2. The van der Waals surface area contributed by atoms with Crippen molar-refractivity contribution in [1.29, 1.82) is 0 Å². The molecule has 0 unspecified atom stereocenters. The average Bonchev–Trinajstić information content (AvgIpc) is 3.17. The van der Waals surface area contributed by atoms with E-state index in [9.17, 15) is 10.1 Å². The number of pyridine rings is 1. The molecule has 0 N–H and O–H groups in total. The van der Waals surface area contributed by atoms with Crippen molar-refractivity contribution >= 4 is 51.9 Å². The van der Waals surface area contributed by atoms with Crippen LogP contribution in [-0.2, 0) is 0 Å². The van der Waals surface area contributed by atoms with Gasteiger partial charge in [-0.15, -0.1) is 0 Å². The van der Waals surface area contributed by atoms with Crippen molar-refractivity contribution in [3.8, 4) is 11.3 Å². The molecule has 2 aromatic carbocycles. The third-order valence-electron chi connectivity index (χ3n) is 4.17. The summed E-state index contributed by atoms with van der Waals surface area (Å²) in [5.74, 6) is 1.27. The standard InChI is InChI=1S/C21H12Cl2N2O3/c22-17-10-5-14(12-18(17)23)20-11-9-16(28-20)8-7-15-6-4-13-2-1-3-19(25(26)27)21(13)24-15/h1-12H/b8-7+. The molecule has 0 aliphatic rings. The van der Waals surface area contributed by atoms with Gasteiger partial charge in [-0.25, -0.2) is 4.98 Å². The van der Waals surface area contributed by atoms with Crippen LogP contribution in [0.2, 0.25) is 10.0 Å². The molecule has 0 fully saturated rings. The first-order chi connectivity index (χ1) is 13.5. The molecular formula is C21H12Cl2N2O3. The van der Waals surface area contributed by atoms with E-state index in [1.807, 2.05) is 18.2 Å². The molecule has 5 nitrogen and oxygen atoms in total. The van der Waals surface area contributed by atoms with Gasteiger partial charge in [0.25, 0.3) is 5.69 Å². The summed E-state index contributed by atoms with van der Waals surface area (Å²) in [5.41, 5.74) is 1.74. The normalized spacial score (nSPS) is 11.4. The second kappa shape index (κ2) is 7.46. The van der Waals surface area contributed by atoms with Crippen LogP contribution in [-0.4, -0.2) is 9.91 Å². The van der Waals surface area contributed by atoms with Crippen LogP contribution in [0.1, 0.15) is 11.5 Å². The van der Waals surface area contributed by atoms with Crippen LogP contribution in [0.3, 0.4) is 0 Å². The number of hydrogen-bond donors (Lipinski definition) is 0. The van der Waals surface area contributed by atoms with Gasteiger partial charge >= 0.3 is 0 Å². The van der Waals surface area contributed by atoms with E-state index >= 15 is 0 Å². The number of nitrogens with zero attached hydrogens (tertiary/aromatic N) is 2. The topological polar surface area (TPSA) is 69.2 Å². The van der Waals surface area contributed by atoms with Crippen molar-refractivity contribution in [2.24, 2.45) is 0 Å². The Bertz CT molecular complexity index is 1230. The van der Waals surface area contributed by atoms with E-state index in [2.05, 4.69) is 4.98 Å². The van der Waals surface area contributed by atoms with E-state index in [-0.39, 0.29) is 5.69 Å². The highest BCUT2D eigenvalue weighted by Crippen LogP contribution is 2.30. The van der Waals surface area contributed by atoms with Crippen LogP contribution in [0.15, 0.2) is 65.1 Å². The number of furan rings is 1. The van der Waals surface area contributed by atoms with Crippen LogP contribution >= 0.6 is 23.2 Å². The second-order valence-electron chi connectivity index (χ2n) is 6.01. The number of fused-ring (bicyclic) bond motifs is 1. The molecule has 0 aliphatic heterocycles. The number of nitro benzene ring substituents is 1. The van der Waals surface area contributed by atoms with Crippen molar-refractivity contribution in [2.75, 3.05) is 0 Å².